The Morgan fingerprint density at radius 2 is 1.00 bits per heavy atom. The first-order chi connectivity index (χ1) is 21.3. The summed E-state index contributed by atoms with van der Waals surface area (Å²) in [5, 5.41) is 33.9. The predicted octanol–water partition coefficient (Wildman–Crippen LogP) is 4.56. The zero-order chi connectivity index (χ0) is 31.3. The topological polar surface area (TPSA) is 127 Å². The molecule has 0 aromatic heterocycles. The van der Waals surface area contributed by atoms with E-state index in [-0.39, 0.29) is 12.8 Å². The summed E-state index contributed by atoms with van der Waals surface area (Å²) in [6.07, 6.45) is -1.52. The van der Waals surface area contributed by atoms with Gasteiger partial charge in [-0.15, -0.1) is 0 Å². The number of hydrogen-bond acceptors (Lipinski definition) is 5. The number of carboxylic acids is 2. The molecule has 4 rings (SSSR count). The van der Waals surface area contributed by atoms with Crippen LogP contribution in [0.25, 0.3) is 0 Å². The fourth-order valence-electron chi connectivity index (χ4n) is 5.33. The van der Waals surface area contributed by atoms with E-state index >= 15 is 0 Å². The van der Waals surface area contributed by atoms with Crippen LogP contribution < -0.4 is 5.32 Å². The maximum absolute atomic E-state index is 13.6. The molecule has 0 spiro atoms. The van der Waals surface area contributed by atoms with Crippen molar-refractivity contribution < 1.29 is 29.7 Å². The summed E-state index contributed by atoms with van der Waals surface area (Å²) < 4.78 is 0. The number of carbonyl (C=O) groups excluding carboxylic acids is 1. The molecule has 0 aliphatic heterocycles. The Kier molecular flexibility index (Phi) is 11.8. The Labute approximate surface area is 257 Å². The molecule has 8 heteroatoms. The molecule has 4 atom stereocenters. The van der Waals surface area contributed by atoms with Crippen molar-refractivity contribution in [1.29, 1.82) is 0 Å². The highest BCUT2D eigenvalue weighted by atomic mass is 16.4. The maximum Gasteiger partial charge on any atom is 0.326 e. The van der Waals surface area contributed by atoms with Crippen molar-refractivity contribution in [2.75, 3.05) is 0 Å². The Bertz CT molecular complexity index is 1430. The van der Waals surface area contributed by atoms with Gasteiger partial charge in [-0.25, -0.2) is 4.79 Å². The van der Waals surface area contributed by atoms with Crippen LogP contribution in [0.1, 0.15) is 28.7 Å². The van der Waals surface area contributed by atoms with Crippen LogP contribution in [0, 0.1) is 5.92 Å². The van der Waals surface area contributed by atoms with E-state index in [2.05, 4.69) is 5.32 Å². The van der Waals surface area contributed by atoms with Gasteiger partial charge in [0.2, 0.25) is 0 Å². The second-order valence-corrected chi connectivity index (χ2v) is 10.9. The summed E-state index contributed by atoms with van der Waals surface area (Å²) >= 11 is 0. The molecule has 1 amide bonds. The van der Waals surface area contributed by atoms with Gasteiger partial charge in [-0.1, -0.05) is 121 Å². The Morgan fingerprint density at radius 1 is 0.591 bits per heavy atom. The average molecular weight is 595 g/mol. The van der Waals surface area contributed by atoms with E-state index in [4.69, 9.17) is 0 Å². The molecular weight excluding hydrogens is 556 g/mol. The van der Waals surface area contributed by atoms with Crippen LogP contribution in [0.5, 0.6) is 0 Å². The fourth-order valence-corrected chi connectivity index (χ4v) is 5.33. The molecule has 0 aliphatic rings. The number of aliphatic hydroxyl groups is 1. The van der Waals surface area contributed by atoms with Gasteiger partial charge in [0.1, 0.15) is 12.1 Å². The number of aliphatic carboxylic acids is 2. The molecule has 0 radical (unpaired) electrons. The van der Waals surface area contributed by atoms with E-state index in [1.807, 2.05) is 102 Å². The van der Waals surface area contributed by atoms with Crippen LogP contribution in [-0.2, 0) is 40.3 Å². The third-order valence-electron chi connectivity index (χ3n) is 7.66. The van der Waals surface area contributed by atoms with Crippen molar-refractivity contribution in [1.82, 2.24) is 10.2 Å². The summed E-state index contributed by atoms with van der Waals surface area (Å²) in [5.41, 5.74) is 3.63. The third kappa shape index (κ3) is 9.62. The molecule has 0 heterocycles. The molecule has 0 saturated carbocycles. The molecule has 4 N–H and O–H groups in total. The Hall–Kier alpha value is -4.79. The minimum absolute atomic E-state index is 0.108. The number of nitrogens with one attached hydrogen (secondary N) is 1. The molecule has 0 saturated heterocycles. The van der Waals surface area contributed by atoms with E-state index in [0.717, 1.165) is 22.3 Å². The van der Waals surface area contributed by atoms with E-state index in [9.17, 15) is 29.7 Å². The fraction of sp³-hybridized carbons (Fsp3) is 0.250. The van der Waals surface area contributed by atoms with Gasteiger partial charge >= 0.3 is 11.9 Å². The van der Waals surface area contributed by atoms with Gasteiger partial charge in [0.15, 0.2) is 0 Å². The number of hydrogen-bond donors (Lipinski definition) is 4. The number of carbonyl (C=O) groups is 3. The second kappa shape index (κ2) is 16.2. The summed E-state index contributed by atoms with van der Waals surface area (Å²) in [6.45, 7) is 0.857. The van der Waals surface area contributed by atoms with E-state index in [1.165, 1.54) is 0 Å². The summed E-state index contributed by atoms with van der Waals surface area (Å²) in [4.78, 5) is 39.9. The number of carboxylic acid groups (broad SMARTS) is 2. The van der Waals surface area contributed by atoms with Crippen LogP contribution in [0.2, 0.25) is 0 Å². The molecule has 44 heavy (non-hydrogen) atoms. The van der Waals surface area contributed by atoms with Gasteiger partial charge in [0.25, 0.3) is 5.91 Å². The van der Waals surface area contributed by atoms with Gasteiger partial charge in [-0.3, -0.25) is 14.5 Å². The zero-order valence-electron chi connectivity index (χ0n) is 24.4. The van der Waals surface area contributed by atoms with Crippen molar-refractivity contribution >= 4 is 17.8 Å². The highest BCUT2D eigenvalue weighted by molar-refractivity contribution is 5.87. The van der Waals surface area contributed by atoms with E-state index in [0.29, 0.717) is 19.5 Å². The van der Waals surface area contributed by atoms with Crippen LogP contribution >= 0.6 is 0 Å². The van der Waals surface area contributed by atoms with Crippen LogP contribution in [0.4, 0.5) is 0 Å². The van der Waals surface area contributed by atoms with Crippen molar-refractivity contribution in [3.05, 3.63) is 144 Å². The number of benzene rings is 4. The maximum atomic E-state index is 13.6. The normalized spacial score (nSPS) is 13.9. The zero-order valence-corrected chi connectivity index (χ0v) is 24.4. The van der Waals surface area contributed by atoms with Crippen molar-refractivity contribution in [2.45, 2.75) is 50.5 Å². The lowest BCUT2D eigenvalue weighted by molar-refractivity contribution is -0.147. The quantitative estimate of drug-likeness (QED) is 0.150. The van der Waals surface area contributed by atoms with E-state index < -0.39 is 42.0 Å². The molecule has 4 aromatic carbocycles. The first kappa shape index (κ1) is 32.1. The van der Waals surface area contributed by atoms with E-state index in [1.54, 1.807) is 24.3 Å². The number of rotatable bonds is 16. The summed E-state index contributed by atoms with van der Waals surface area (Å²) in [6, 6.07) is 35.6. The van der Waals surface area contributed by atoms with Gasteiger partial charge in [-0.05, 0) is 41.5 Å². The highest BCUT2D eigenvalue weighted by Crippen LogP contribution is 2.21. The monoisotopic (exact) mass is 594 g/mol. The van der Waals surface area contributed by atoms with Gasteiger partial charge < -0.3 is 20.6 Å². The summed E-state index contributed by atoms with van der Waals surface area (Å²) in [5.74, 6) is -4.44. The molecule has 4 aromatic rings. The van der Waals surface area contributed by atoms with Gasteiger partial charge in [0, 0.05) is 19.1 Å². The standard InChI is InChI=1S/C36H38N2O6/c39-33(34(40)37-31(36(43)44)23-30(35(41)42)21-26-13-5-1-6-14-26)32(22-27-15-7-2-8-16-27)38(24-28-17-9-3-10-18-28)25-29-19-11-4-12-20-29/h1-20,30-33,39H,21-25H2,(H,37,40)(H,41,42)(H,43,44)/t30?,31-,32-,33-/m0/s1. The Morgan fingerprint density at radius 3 is 1.41 bits per heavy atom. The van der Waals surface area contributed by atoms with Crippen LogP contribution in [-0.4, -0.2) is 56.3 Å². The largest absolute Gasteiger partial charge is 0.481 e. The second-order valence-electron chi connectivity index (χ2n) is 10.9. The molecule has 0 bridgehead atoms. The molecular formula is C36H38N2O6. The van der Waals surface area contributed by atoms with Gasteiger partial charge in [-0.2, -0.15) is 0 Å². The number of nitrogens with zero attached hydrogens (tertiary/aromatic N) is 1. The van der Waals surface area contributed by atoms with Crippen molar-refractivity contribution in [3.8, 4) is 0 Å². The number of aliphatic hydroxyl groups excluding tert-OH is 1. The van der Waals surface area contributed by atoms with Crippen molar-refractivity contribution in [3.63, 3.8) is 0 Å². The molecule has 228 valence electrons. The van der Waals surface area contributed by atoms with Gasteiger partial charge in [0.05, 0.1) is 5.92 Å². The lowest BCUT2D eigenvalue weighted by Gasteiger charge is -2.35. The Balaban J connectivity index is 1.60. The van der Waals surface area contributed by atoms with Crippen molar-refractivity contribution in [2.24, 2.45) is 5.92 Å². The lowest BCUT2D eigenvalue weighted by Crippen LogP contribution is -2.54. The highest BCUT2D eigenvalue weighted by Gasteiger charge is 2.35. The van der Waals surface area contributed by atoms with Crippen LogP contribution in [0.15, 0.2) is 121 Å². The third-order valence-corrected chi connectivity index (χ3v) is 7.66. The number of amides is 1. The van der Waals surface area contributed by atoms with Crippen LogP contribution in [0.3, 0.4) is 0 Å². The smallest absolute Gasteiger partial charge is 0.326 e. The first-order valence-corrected chi connectivity index (χ1v) is 14.6. The molecule has 0 aliphatic carbocycles. The predicted molar refractivity (Wildman–Crippen MR) is 168 cm³/mol. The average Bonchev–Trinajstić information content (AvgIpc) is 3.04. The first-order valence-electron chi connectivity index (χ1n) is 14.6. The minimum Gasteiger partial charge on any atom is -0.481 e. The summed E-state index contributed by atoms with van der Waals surface area (Å²) in [7, 11) is 0. The molecule has 8 nitrogen and oxygen atoms in total. The molecule has 1 unspecified atom stereocenters. The minimum atomic E-state index is -1.61. The lowest BCUT2D eigenvalue weighted by atomic mass is 9.92. The SMILES string of the molecule is O=C(O)C(Cc1ccccc1)C[C@H](NC(=O)[C@@H](O)[C@H](Cc1ccccc1)N(Cc1ccccc1)Cc1ccccc1)C(=O)O. The molecule has 0 fully saturated rings.